The van der Waals surface area contributed by atoms with Gasteiger partial charge in [0.1, 0.15) is 12.1 Å². The summed E-state index contributed by atoms with van der Waals surface area (Å²) in [4.78, 5) is 24.6. The van der Waals surface area contributed by atoms with Gasteiger partial charge in [0.15, 0.2) is 0 Å². The molecule has 0 bridgehead atoms. The highest BCUT2D eigenvalue weighted by Gasteiger charge is 2.43. The number of halogens is 1. The van der Waals surface area contributed by atoms with Gasteiger partial charge in [0.25, 0.3) is 5.91 Å². The number of alkyl halides is 1. The van der Waals surface area contributed by atoms with Gasteiger partial charge in [0.2, 0.25) is 11.8 Å². The molecule has 1 N–H and O–H groups in total. The molecule has 1 aromatic rings. The molecule has 0 aliphatic carbocycles. The van der Waals surface area contributed by atoms with Crippen molar-refractivity contribution in [2.75, 3.05) is 17.3 Å². The second kappa shape index (κ2) is 4.56. The van der Waals surface area contributed by atoms with Gasteiger partial charge in [-0.2, -0.15) is 0 Å². The van der Waals surface area contributed by atoms with E-state index < -0.39 is 17.4 Å². The van der Waals surface area contributed by atoms with Crippen LogP contribution in [0, 0.1) is 0 Å². The van der Waals surface area contributed by atoms with Crippen LogP contribution in [0.2, 0.25) is 0 Å². The zero-order chi connectivity index (χ0) is 13.3. The molecular weight excluding hydrogens is 260 g/mol. The molecule has 2 amide bonds. The molecule has 98 valence electrons. The van der Waals surface area contributed by atoms with Gasteiger partial charge in [-0.25, -0.2) is 0 Å². The molecule has 0 saturated carbocycles. The third-order valence-corrected chi connectivity index (χ3v) is 2.97. The molecule has 7 nitrogen and oxygen atoms in total. The van der Waals surface area contributed by atoms with Gasteiger partial charge in [-0.1, -0.05) is 5.10 Å². The van der Waals surface area contributed by atoms with Crippen molar-refractivity contribution in [3.8, 4) is 0 Å². The Hall–Kier alpha value is -1.63. The number of nitrogens with zero attached hydrogens (tertiary/aromatic N) is 3. The lowest BCUT2D eigenvalue weighted by molar-refractivity contribution is -0.135. The van der Waals surface area contributed by atoms with E-state index in [1.165, 1.54) is 4.90 Å². The van der Waals surface area contributed by atoms with E-state index in [4.69, 9.17) is 16.0 Å². The van der Waals surface area contributed by atoms with Crippen LogP contribution in [0.5, 0.6) is 0 Å². The summed E-state index contributed by atoms with van der Waals surface area (Å²) in [5, 5.41) is 9.92. The lowest BCUT2D eigenvalue weighted by Gasteiger charge is -2.38. The van der Waals surface area contributed by atoms with Crippen molar-refractivity contribution in [3.63, 3.8) is 0 Å². The monoisotopic (exact) mass is 272 g/mol. The Balaban J connectivity index is 2.28. The Kier molecular flexibility index (Phi) is 3.25. The summed E-state index contributed by atoms with van der Waals surface area (Å²) in [5.41, 5.74) is -0.918. The molecule has 2 heterocycles. The van der Waals surface area contributed by atoms with Crippen LogP contribution >= 0.6 is 11.6 Å². The van der Waals surface area contributed by atoms with Gasteiger partial charge in [-0.15, -0.1) is 16.7 Å². The van der Waals surface area contributed by atoms with Gasteiger partial charge in [0.05, 0.1) is 0 Å². The van der Waals surface area contributed by atoms with Crippen LogP contribution < -0.4 is 10.2 Å². The smallest absolute Gasteiger partial charge is 0.319 e. The Labute approximate surface area is 108 Å². The second-order valence-electron chi connectivity index (χ2n) is 4.44. The number of piperazine rings is 1. The maximum atomic E-state index is 11.8. The highest BCUT2D eigenvalue weighted by molar-refractivity contribution is 6.17. The van der Waals surface area contributed by atoms with Crippen molar-refractivity contribution in [2.45, 2.75) is 25.8 Å². The van der Waals surface area contributed by atoms with Crippen molar-refractivity contribution >= 4 is 29.4 Å². The van der Waals surface area contributed by atoms with Gasteiger partial charge in [-0.05, 0) is 13.8 Å². The Morgan fingerprint density at radius 3 is 2.83 bits per heavy atom. The summed E-state index contributed by atoms with van der Waals surface area (Å²) in [7, 11) is 0. The SMILES string of the molecule is CC1(C)C(=O)NC(=O)CN1c1nnc(CCCl)o1. The van der Waals surface area contributed by atoms with Gasteiger partial charge < -0.3 is 9.32 Å². The summed E-state index contributed by atoms with van der Waals surface area (Å²) in [5.74, 6) is -0.0359. The summed E-state index contributed by atoms with van der Waals surface area (Å²) < 4.78 is 5.38. The van der Waals surface area contributed by atoms with E-state index in [-0.39, 0.29) is 12.6 Å². The molecule has 1 saturated heterocycles. The zero-order valence-corrected chi connectivity index (χ0v) is 10.8. The number of carbonyl (C=O) groups is 2. The molecule has 1 aliphatic rings. The molecular formula is C10H13ClN4O3. The van der Waals surface area contributed by atoms with Gasteiger partial charge >= 0.3 is 6.01 Å². The highest BCUT2D eigenvalue weighted by atomic mass is 35.5. The predicted molar refractivity (Wildman–Crippen MR) is 63.3 cm³/mol. The minimum Gasteiger partial charge on any atom is -0.408 e. The Morgan fingerprint density at radius 1 is 1.44 bits per heavy atom. The number of aromatic nitrogens is 2. The average Bonchev–Trinajstić information content (AvgIpc) is 2.73. The minimum atomic E-state index is -0.918. The number of rotatable bonds is 3. The topological polar surface area (TPSA) is 88.3 Å². The molecule has 1 aliphatic heterocycles. The van der Waals surface area contributed by atoms with Gasteiger partial charge in [-0.3, -0.25) is 14.9 Å². The zero-order valence-electron chi connectivity index (χ0n) is 10.1. The molecule has 2 rings (SSSR count). The number of anilines is 1. The van der Waals surface area contributed by atoms with Crippen molar-refractivity contribution in [1.29, 1.82) is 0 Å². The maximum Gasteiger partial charge on any atom is 0.319 e. The van der Waals surface area contributed by atoms with Crippen LogP contribution in [-0.4, -0.2) is 40.0 Å². The maximum absolute atomic E-state index is 11.8. The lowest BCUT2D eigenvalue weighted by atomic mass is 9.99. The van der Waals surface area contributed by atoms with Gasteiger partial charge in [0, 0.05) is 12.3 Å². The third-order valence-electron chi connectivity index (χ3n) is 2.78. The fraction of sp³-hybridized carbons (Fsp3) is 0.600. The molecule has 1 fully saturated rings. The largest absolute Gasteiger partial charge is 0.408 e. The normalized spacial score (nSPS) is 18.9. The first kappa shape index (κ1) is 12.8. The molecule has 0 spiro atoms. The third kappa shape index (κ3) is 2.17. The number of aryl methyl sites for hydroxylation is 1. The molecule has 0 aromatic carbocycles. The quantitative estimate of drug-likeness (QED) is 0.620. The van der Waals surface area contributed by atoms with E-state index in [9.17, 15) is 9.59 Å². The predicted octanol–water partition coefficient (Wildman–Crippen LogP) is 0.0923. The molecule has 8 heteroatoms. The highest BCUT2D eigenvalue weighted by Crippen LogP contribution is 2.25. The van der Waals surface area contributed by atoms with E-state index in [0.29, 0.717) is 18.2 Å². The van der Waals surface area contributed by atoms with Crippen LogP contribution in [-0.2, 0) is 16.0 Å². The van der Waals surface area contributed by atoms with E-state index in [0.717, 1.165) is 0 Å². The van der Waals surface area contributed by atoms with Crippen LogP contribution in [0.15, 0.2) is 4.42 Å². The molecule has 0 atom stereocenters. The van der Waals surface area contributed by atoms with Crippen molar-refractivity contribution < 1.29 is 14.0 Å². The van der Waals surface area contributed by atoms with E-state index in [2.05, 4.69) is 15.5 Å². The Bertz CT molecular complexity index is 485. The van der Waals surface area contributed by atoms with Crippen LogP contribution in [0.1, 0.15) is 19.7 Å². The first-order valence-electron chi connectivity index (χ1n) is 5.45. The number of imide groups is 1. The first-order chi connectivity index (χ1) is 8.45. The second-order valence-corrected chi connectivity index (χ2v) is 4.82. The number of carbonyl (C=O) groups excluding carboxylic acids is 2. The number of hydrogen-bond acceptors (Lipinski definition) is 6. The summed E-state index contributed by atoms with van der Waals surface area (Å²) >= 11 is 5.57. The first-order valence-corrected chi connectivity index (χ1v) is 5.99. The number of amides is 2. The standard InChI is InChI=1S/C10H13ClN4O3/c1-10(2)8(17)12-6(16)5-15(10)9-14-13-7(18-9)3-4-11/h3-5H2,1-2H3,(H,12,16,17). The molecule has 1 aromatic heterocycles. The van der Waals surface area contributed by atoms with Crippen molar-refractivity contribution in [1.82, 2.24) is 15.5 Å². The van der Waals surface area contributed by atoms with Crippen LogP contribution in [0.25, 0.3) is 0 Å². The summed E-state index contributed by atoms with van der Waals surface area (Å²) in [6.07, 6.45) is 0.447. The number of hydrogen-bond donors (Lipinski definition) is 1. The summed E-state index contributed by atoms with van der Waals surface area (Å²) in [6.45, 7) is 3.36. The fourth-order valence-electron chi connectivity index (χ4n) is 1.63. The molecule has 18 heavy (non-hydrogen) atoms. The summed E-state index contributed by atoms with van der Waals surface area (Å²) in [6, 6.07) is 0.156. The van der Waals surface area contributed by atoms with E-state index >= 15 is 0 Å². The Morgan fingerprint density at radius 2 is 2.17 bits per heavy atom. The van der Waals surface area contributed by atoms with Crippen molar-refractivity contribution in [2.24, 2.45) is 0 Å². The van der Waals surface area contributed by atoms with Crippen LogP contribution in [0.3, 0.4) is 0 Å². The van der Waals surface area contributed by atoms with E-state index in [1.807, 2.05) is 0 Å². The number of nitrogens with one attached hydrogen (secondary N) is 1. The fourth-order valence-corrected chi connectivity index (χ4v) is 1.79. The van der Waals surface area contributed by atoms with E-state index in [1.54, 1.807) is 13.8 Å². The lowest BCUT2D eigenvalue weighted by Crippen LogP contribution is -2.64. The molecule has 0 unspecified atom stereocenters. The average molecular weight is 273 g/mol. The van der Waals surface area contributed by atoms with Crippen molar-refractivity contribution in [3.05, 3.63) is 5.89 Å². The molecule has 0 radical (unpaired) electrons. The minimum absolute atomic E-state index is 0.00124. The van der Waals surface area contributed by atoms with Crippen LogP contribution in [0.4, 0.5) is 6.01 Å².